The summed E-state index contributed by atoms with van der Waals surface area (Å²) < 4.78 is 0. The number of unbranched alkanes of at least 4 members (excludes halogenated alkanes) is 1. The van der Waals surface area contributed by atoms with Crippen LogP contribution >= 0.6 is 0 Å². The number of nitrogens with one attached hydrogen (secondary N) is 2. The molecule has 1 fully saturated rings. The summed E-state index contributed by atoms with van der Waals surface area (Å²) in [6.07, 6.45) is 6.89. The van der Waals surface area contributed by atoms with Crippen molar-refractivity contribution in [1.29, 1.82) is 0 Å². The Morgan fingerprint density at radius 3 is 2.42 bits per heavy atom. The molecule has 1 aliphatic carbocycles. The quantitative estimate of drug-likeness (QED) is 0.694. The van der Waals surface area contributed by atoms with Crippen molar-refractivity contribution in [2.75, 3.05) is 0 Å². The molecule has 110 valence electrons. The van der Waals surface area contributed by atoms with Crippen molar-refractivity contribution in [2.24, 2.45) is 0 Å². The summed E-state index contributed by atoms with van der Waals surface area (Å²) in [5.74, 6) is -0.913. The van der Waals surface area contributed by atoms with Gasteiger partial charge in [-0.1, -0.05) is 39.0 Å². The molecule has 0 radical (unpaired) electrons. The van der Waals surface area contributed by atoms with Gasteiger partial charge >= 0.3 is 12.0 Å². The summed E-state index contributed by atoms with van der Waals surface area (Å²) >= 11 is 0. The average molecular weight is 270 g/mol. The van der Waals surface area contributed by atoms with Crippen LogP contribution in [0.2, 0.25) is 0 Å². The second-order valence-electron chi connectivity index (χ2n) is 5.59. The van der Waals surface area contributed by atoms with Crippen molar-refractivity contribution >= 4 is 12.0 Å². The van der Waals surface area contributed by atoms with Crippen LogP contribution in [0.5, 0.6) is 0 Å². The Morgan fingerprint density at radius 1 is 1.26 bits per heavy atom. The van der Waals surface area contributed by atoms with E-state index in [0.717, 1.165) is 38.5 Å². The first-order valence-electron chi connectivity index (χ1n) is 7.32. The molecule has 5 heteroatoms. The molecule has 19 heavy (non-hydrogen) atoms. The summed E-state index contributed by atoms with van der Waals surface area (Å²) in [5, 5.41) is 14.9. The van der Waals surface area contributed by atoms with Crippen LogP contribution in [0.1, 0.15) is 65.2 Å². The minimum Gasteiger partial charge on any atom is -0.480 e. The minimum absolute atomic E-state index is 0.0781. The van der Waals surface area contributed by atoms with Crippen LogP contribution < -0.4 is 10.6 Å². The fourth-order valence-electron chi connectivity index (χ4n) is 2.61. The topological polar surface area (TPSA) is 78.4 Å². The lowest BCUT2D eigenvalue weighted by molar-refractivity contribution is -0.145. The Bertz CT molecular complexity index is 312. The van der Waals surface area contributed by atoms with E-state index in [2.05, 4.69) is 17.6 Å². The third kappa shape index (κ3) is 4.73. The van der Waals surface area contributed by atoms with E-state index in [4.69, 9.17) is 0 Å². The number of urea groups is 1. The third-order valence-electron chi connectivity index (χ3n) is 3.84. The first-order valence-corrected chi connectivity index (χ1v) is 7.32. The van der Waals surface area contributed by atoms with Gasteiger partial charge in [-0.15, -0.1) is 0 Å². The summed E-state index contributed by atoms with van der Waals surface area (Å²) in [5.41, 5.74) is -1.06. The summed E-state index contributed by atoms with van der Waals surface area (Å²) in [6.45, 7) is 4.05. The number of carboxylic acids is 1. The predicted octanol–water partition coefficient (Wildman–Crippen LogP) is 2.65. The van der Waals surface area contributed by atoms with Crippen molar-refractivity contribution < 1.29 is 14.7 Å². The molecule has 0 saturated heterocycles. The fraction of sp³-hybridized carbons (Fsp3) is 0.857. The second kappa shape index (κ2) is 7.36. The van der Waals surface area contributed by atoms with Gasteiger partial charge in [0.1, 0.15) is 5.54 Å². The van der Waals surface area contributed by atoms with Crippen LogP contribution in [-0.4, -0.2) is 28.7 Å². The summed E-state index contributed by atoms with van der Waals surface area (Å²) in [6, 6.07) is -0.276. The maximum atomic E-state index is 11.9. The van der Waals surface area contributed by atoms with E-state index >= 15 is 0 Å². The van der Waals surface area contributed by atoms with Crippen LogP contribution in [0.25, 0.3) is 0 Å². The predicted molar refractivity (Wildman–Crippen MR) is 74.1 cm³/mol. The van der Waals surface area contributed by atoms with Gasteiger partial charge in [0.25, 0.3) is 0 Å². The van der Waals surface area contributed by atoms with Crippen molar-refractivity contribution in [2.45, 2.75) is 76.8 Å². The fourth-order valence-corrected chi connectivity index (χ4v) is 2.61. The SMILES string of the molecule is CCCCC(C)NC(=O)NC1(C(=O)O)CCCCC1. The lowest BCUT2D eigenvalue weighted by atomic mass is 9.82. The Labute approximate surface area is 115 Å². The molecule has 0 bridgehead atoms. The van der Waals surface area contributed by atoms with Gasteiger partial charge in [0.05, 0.1) is 0 Å². The Balaban J connectivity index is 2.50. The highest BCUT2D eigenvalue weighted by Gasteiger charge is 2.41. The van der Waals surface area contributed by atoms with E-state index in [1.165, 1.54) is 0 Å². The largest absolute Gasteiger partial charge is 0.480 e. The van der Waals surface area contributed by atoms with Gasteiger partial charge in [-0.3, -0.25) is 0 Å². The third-order valence-corrected chi connectivity index (χ3v) is 3.84. The lowest BCUT2D eigenvalue weighted by Crippen LogP contribution is -2.58. The van der Waals surface area contributed by atoms with Crippen molar-refractivity contribution in [3.8, 4) is 0 Å². The Kier molecular flexibility index (Phi) is 6.12. The zero-order chi connectivity index (χ0) is 14.3. The molecular weight excluding hydrogens is 244 g/mol. The number of carbonyl (C=O) groups excluding carboxylic acids is 1. The number of carboxylic acid groups (broad SMARTS) is 1. The normalized spacial score (nSPS) is 19.5. The smallest absolute Gasteiger partial charge is 0.329 e. The number of hydrogen-bond acceptors (Lipinski definition) is 2. The highest BCUT2D eigenvalue weighted by Crippen LogP contribution is 2.28. The monoisotopic (exact) mass is 270 g/mol. The van der Waals surface area contributed by atoms with Gasteiger partial charge in [0, 0.05) is 6.04 Å². The van der Waals surface area contributed by atoms with Crippen LogP contribution in [0.15, 0.2) is 0 Å². The van der Waals surface area contributed by atoms with E-state index in [1.54, 1.807) is 0 Å². The maximum absolute atomic E-state index is 11.9. The Morgan fingerprint density at radius 2 is 1.89 bits per heavy atom. The molecular formula is C14H26N2O3. The molecule has 0 heterocycles. The number of amides is 2. The molecule has 0 aliphatic heterocycles. The van der Waals surface area contributed by atoms with Crippen molar-refractivity contribution in [1.82, 2.24) is 10.6 Å². The molecule has 1 aliphatic rings. The number of rotatable bonds is 6. The molecule has 5 nitrogen and oxygen atoms in total. The minimum atomic E-state index is -1.06. The molecule has 1 rings (SSSR count). The Hall–Kier alpha value is -1.26. The van der Waals surface area contributed by atoms with E-state index in [1.807, 2.05) is 6.92 Å². The van der Waals surface area contributed by atoms with Gasteiger partial charge in [-0.25, -0.2) is 9.59 Å². The molecule has 1 saturated carbocycles. The zero-order valence-electron chi connectivity index (χ0n) is 12.0. The number of hydrogen-bond donors (Lipinski definition) is 3. The molecule has 3 N–H and O–H groups in total. The molecule has 1 atom stereocenters. The zero-order valence-corrected chi connectivity index (χ0v) is 12.0. The average Bonchev–Trinajstić information content (AvgIpc) is 2.37. The molecule has 0 spiro atoms. The summed E-state index contributed by atoms with van der Waals surface area (Å²) in [4.78, 5) is 23.3. The van der Waals surface area contributed by atoms with Gasteiger partial charge < -0.3 is 15.7 Å². The number of aliphatic carboxylic acids is 1. The molecule has 0 aromatic heterocycles. The number of carbonyl (C=O) groups is 2. The molecule has 0 aromatic rings. The second-order valence-corrected chi connectivity index (χ2v) is 5.59. The van der Waals surface area contributed by atoms with E-state index in [9.17, 15) is 14.7 Å². The van der Waals surface area contributed by atoms with Crippen molar-refractivity contribution in [3.63, 3.8) is 0 Å². The molecule has 2 amide bonds. The van der Waals surface area contributed by atoms with E-state index in [-0.39, 0.29) is 12.1 Å². The standard InChI is InChI=1S/C14H26N2O3/c1-3-4-8-11(2)15-13(19)16-14(12(17)18)9-6-5-7-10-14/h11H,3-10H2,1-2H3,(H,17,18)(H2,15,16,19). The summed E-state index contributed by atoms with van der Waals surface area (Å²) in [7, 11) is 0. The molecule has 0 aromatic carbocycles. The van der Waals surface area contributed by atoms with Crippen LogP contribution in [0.3, 0.4) is 0 Å². The van der Waals surface area contributed by atoms with E-state index in [0.29, 0.717) is 12.8 Å². The first kappa shape index (κ1) is 15.8. The van der Waals surface area contributed by atoms with Gasteiger partial charge in [0.15, 0.2) is 0 Å². The van der Waals surface area contributed by atoms with E-state index < -0.39 is 11.5 Å². The maximum Gasteiger partial charge on any atom is 0.329 e. The first-order chi connectivity index (χ1) is 9.00. The van der Waals surface area contributed by atoms with Crippen molar-refractivity contribution in [3.05, 3.63) is 0 Å². The highest BCUT2D eigenvalue weighted by molar-refractivity contribution is 5.86. The van der Waals surface area contributed by atoms with Gasteiger partial charge in [-0.05, 0) is 26.2 Å². The van der Waals surface area contributed by atoms with Gasteiger partial charge in [0.2, 0.25) is 0 Å². The lowest BCUT2D eigenvalue weighted by Gasteiger charge is -2.34. The molecule has 1 unspecified atom stereocenters. The van der Waals surface area contributed by atoms with Gasteiger partial charge in [-0.2, -0.15) is 0 Å². The van der Waals surface area contributed by atoms with Crippen LogP contribution in [-0.2, 0) is 4.79 Å². The van der Waals surface area contributed by atoms with Crippen LogP contribution in [0.4, 0.5) is 4.79 Å². The van der Waals surface area contributed by atoms with Crippen LogP contribution in [0, 0.1) is 0 Å². The highest BCUT2D eigenvalue weighted by atomic mass is 16.4.